The average molecular weight is 349 g/mol. The van der Waals surface area contributed by atoms with Crippen LogP contribution in [-0.2, 0) is 11.3 Å². The summed E-state index contributed by atoms with van der Waals surface area (Å²) in [6.45, 7) is 5.10. The highest BCUT2D eigenvalue weighted by molar-refractivity contribution is 5.92. The largest absolute Gasteiger partial charge is 0.493 e. The minimum absolute atomic E-state index is 0.152. The van der Waals surface area contributed by atoms with Crippen molar-refractivity contribution in [2.45, 2.75) is 26.8 Å². The fraction of sp³-hybridized carbons (Fsp3) is 0.238. The van der Waals surface area contributed by atoms with Gasteiger partial charge < -0.3 is 14.5 Å². The number of aryl methyl sites for hydroxylation is 1. The van der Waals surface area contributed by atoms with Gasteiger partial charge in [-0.3, -0.25) is 4.79 Å². The van der Waals surface area contributed by atoms with Crippen LogP contribution in [0.3, 0.4) is 0 Å². The second kappa shape index (κ2) is 8.34. The molecule has 5 nitrogen and oxygen atoms in total. The van der Waals surface area contributed by atoms with Crippen LogP contribution in [0.1, 0.15) is 30.3 Å². The number of hydrogen-bond donors (Lipinski definition) is 1. The molecule has 26 heavy (non-hydrogen) atoms. The maximum atomic E-state index is 12.2. The molecule has 0 aliphatic carbocycles. The summed E-state index contributed by atoms with van der Waals surface area (Å²) in [6.07, 6.45) is 6.21. The average Bonchev–Trinajstić information content (AvgIpc) is 2.98. The van der Waals surface area contributed by atoms with E-state index in [9.17, 15) is 4.79 Å². The van der Waals surface area contributed by atoms with Crippen LogP contribution in [-0.4, -0.2) is 21.9 Å². The maximum absolute atomic E-state index is 12.2. The molecule has 1 N–H and O–H groups in total. The summed E-state index contributed by atoms with van der Waals surface area (Å²) in [7, 11) is 0. The van der Waals surface area contributed by atoms with E-state index in [4.69, 9.17) is 4.74 Å². The second-order valence-corrected chi connectivity index (χ2v) is 6.01. The normalized spacial score (nSPS) is 11.2. The zero-order chi connectivity index (χ0) is 18.4. The van der Waals surface area contributed by atoms with Crippen molar-refractivity contribution < 1.29 is 9.53 Å². The lowest BCUT2D eigenvalue weighted by molar-refractivity contribution is -0.116. The first-order valence-electron chi connectivity index (χ1n) is 8.79. The number of hydrogen-bond acceptors (Lipinski definition) is 3. The number of ether oxygens (including phenoxy) is 1. The van der Waals surface area contributed by atoms with E-state index in [0.717, 1.165) is 34.8 Å². The van der Waals surface area contributed by atoms with Gasteiger partial charge >= 0.3 is 0 Å². The molecule has 134 valence electrons. The van der Waals surface area contributed by atoms with Gasteiger partial charge in [-0.1, -0.05) is 31.2 Å². The number of imidazole rings is 1. The van der Waals surface area contributed by atoms with Gasteiger partial charge in [-0.15, -0.1) is 0 Å². The molecular formula is C21H23N3O2. The van der Waals surface area contributed by atoms with Crippen molar-refractivity contribution in [3.63, 3.8) is 0 Å². The molecule has 1 aromatic carbocycles. The van der Waals surface area contributed by atoms with E-state index in [2.05, 4.69) is 17.2 Å². The molecule has 2 aromatic heterocycles. The molecule has 0 aliphatic heterocycles. The van der Waals surface area contributed by atoms with Crippen molar-refractivity contribution in [2.75, 3.05) is 6.61 Å². The third-order valence-corrected chi connectivity index (χ3v) is 4.05. The van der Waals surface area contributed by atoms with Crippen molar-refractivity contribution in [1.29, 1.82) is 0 Å². The van der Waals surface area contributed by atoms with E-state index < -0.39 is 0 Å². The summed E-state index contributed by atoms with van der Waals surface area (Å²) in [5, 5.41) is 2.92. The number of amides is 1. The van der Waals surface area contributed by atoms with Crippen molar-refractivity contribution in [3.05, 3.63) is 71.7 Å². The van der Waals surface area contributed by atoms with Crippen LogP contribution in [0.2, 0.25) is 0 Å². The van der Waals surface area contributed by atoms with Crippen LogP contribution < -0.4 is 10.1 Å². The van der Waals surface area contributed by atoms with Gasteiger partial charge in [0.1, 0.15) is 11.4 Å². The topological polar surface area (TPSA) is 55.6 Å². The molecule has 0 saturated heterocycles. The van der Waals surface area contributed by atoms with E-state index in [1.54, 1.807) is 6.08 Å². The number of carbonyl (C=O) groups excluding carboxylic acids is 1. The van der Waals surface area contributed by atoms with Gasteiger partial charge in [-0.25, -0.2) is 4.98 Å². The van der Waals surface area contributed by atoms with Crippen LogP contribution in [0.5, 0.6) is 5.75 Å². The van der Waals surface area contributed by atoms with Crippen molar-refractivity contribution in [1.82, 2.24) is 14.7 Å². The quantitative estimate of drug-likeness (QED) is 0.661. The van der Waals surface area contributed by atoms with Crippen LogP contribution in [0.4, 0.5) is 0 Å². The molecule has 2 heterocycles. The molecule has 0 fully saturated rings. The first kappa shape index (κ1) is 17.7. The summed E-state index contributed by atoms with van der Waals surface area (Å²) in [5.41, 5.74) is 3.67. The van der Waals surface area contributed by atoms with E-state index in [1.807, 2.05) is 60.0 Å². The number of rotatable bonds is 7. The Balaban J connectivity index is 1.66. The lowest BCUT2D eigenvalue weighted by Gasteiger charge is -2.07. The zero-order valence-corrected chi connectivity index (χ0v) is 15.1. The van der Waals surface area contributed by atoms with Crippen LogP contribution in [0, 0.1) is 6.92 Å². The lowest BCUT2D eigenvalue weighted by atomic mass is 10.2. The molecule has 0 unspecified atom stereocenters. The Hall–Kier alpha value is -3.08. The molecule has 3 rings (SSSR count). The molecule has 0 spiro atoms. The zero-order valence-electron chi connectivity index (χ0n) is 15.1. The molecule has 1 amide bonds. The number of para-hydroxylation sites is 1. The molecule has 0 radical (unpaired) electrons. The molecule has 0 saturated carbocycles. The monoisotopic (exact) mass is 349 g/mol. The highest BCUT2D eigenvalue weighted by Gasteiger charge is 2.08. The van der Waals surface area contributed by atoms with E-state index >= 15 is 0 Å². The van der Waals surface area contributed by atoms with Gasteiger partial charge in [0, 0.05) is 17.8 Å². The van der Waals surface area contributed by atoms with Crippen molar-refractivity contribution >= 4 is 17.6 Å². The molecular weight excluding hydrogens is 326 g/mol. The number of nitrogens with zero attached hydrogens (tertiary/aromatic N) is 2. The molecule has 0 atom stereocenters. The predicted molar refractivity (Wildman–Crippen MR) is 103 cm³/mol. The molecule has 0 aliphatic rings. The summed E-state index contributed by atoms with van der Waals surface area (Å²) in [6, 6.07) is 13.6. The van der Waals surface area contributed by atoms with E-state index in [1.165, 1.54) is 6.08 Å². The molecule has 3 aromatic rings. The Labute approximate surface area is 153 Å². The number of aromatic nitrogens is 2. The summed E-state index contributed by atoms with van der Waals surface area (Å²) < 4.78 is 7.70. The molecule has 5 heteroatoms. The Bertz CT molecular complexity index is 928. The number of benzene rings is 1. The number of fused-ring (bicyclic) bond motifs is 1. The maximum Gasteiger partial charge on any atom is 0.244 e. The van der Waals surface area contributed by atoms with Crippen LogP contribution in [0.15, 0.2) is 54.7 Å². The van der Waals surface area contributed by atoms with E-state index in [-0.39, 0.29) is 5.91 Å². The lowest BCUT2D eigenvalue weighted by Crippen LogP contribution is -2.21. The van der Waals surface area contributed by atoms with Gasteiger partial charge in [0.05, 0.1) is 24.5 Å². The number of pyridine rings is 1. The van der Waals surface area contributed by atoms with Gasteiger partial charge in [0.2, 0.25) is 5.91 Å². The van der Waals surface area contributed by atoms with Crippen LogP contribution >= 0.6 is 0 Å². The SMILES string of the molecule is CCCOc1ccccc1/C=C/C(=O)NCc1c(C)nc2ccccn12. The van der Waals surface area contributed by atoms with Crippen molar-refractivity contribution in [3.8, 4) is 5.75 Å². The minimum atomic E-state index is -0.152. The Morgan fingerprint density at radius 3 is 2.88 bits per heavy atom. The smallest absolute Gasteiger partial charge is 0.244 e. The van der Waals surface area contributed by atoms with Crippen molar-refractivity contribution in [2.24, 2.45) is 0 Å². The first-order chi connectivity index (χ1) is 12.7. The number of nitrogens with one attached hydrogen (secondary N) is 1. The van der Waals surface area contributed by atoms with Crippen LogP contribution in [0.25, 0.3) is 11.7 Å². The minimum Gasteiger partial charge on any atom is -0.493 e. The van der Waals surface area contributed by atoms with Gasteiger partial charge in [0.25, 0.3) is 0 Å². The van der Waals surface area contributed by atoms with Gasteiger partial charge in [-0.2, -0.15) is 0 Å². The van der Waals surface area contributed by atoms with Gasteiger partial charge in [0.15, 0.2) is 0 Å². The Kier molecular flexibility index (Phi) is 5.69. The summed E-state index contributed by atoms with van der Waals surface area (Å²) in [4.78, 5) is 16.7. The Morgan fingerprint density at radius 1 is 1.23 bits per heavy atom. The standard InChI is InChI=1S/C21H23N3O2/c1-3-14-26-19-9-5-4-8-17(19)11-12-21(25)22-15-18-16(2)23-20-10-6-7-13-24(18)20/h4-13H,3,14-15H2,1-2H3,(H,22,25)/b12-11+. The molecule has 0 bridgehead atoms. The summed E-state index contributed by atoms with van der Waals surface area (Å²) in [5.74, 6) is 0.636. The second-order valence-electron chi connectivity index (χ2n) is 6.01. The fourth-order valence-electron chi connectivity index (χ4n) is 2.73. The fourth-order valence-corrected chi connectivity index (χ4v) is 2.73. The third-order valence-electron chi connectivity index (χ3n) is 4.05. The summed E-state index contributed by atoms with van der Waals surface area (Å²) >= 11 is 0. The predicted octanol–water partition coefficient (Wildman–Crippen LogP) is 3.76. The highest BCUT2D eigenvalue weighted by atomic mass is 16.5. The Morgan fingerprint density at radius 2 is 2.04 bits per heavy atom. The number of carbonyl (C=O) groups is 1. The van der Waals surface area contributed by atoms with E-state index in [0.29, 0.717) is 13.2 Å². The highest BCUT2D eigenvalue weighted by Crippen LogP contribution is 2.19. The van der Waals surface area contributed by atoms with Gasteiger partial charge in [-0.05, 0) is 37.6 Å². The first-order valence-corrected chi connectivity index (χ1v) is 8.79. The third kappa shape index (κ3) is 4.11.